The topological polar surface area (TPSA) is 3.24 Å². The molecule has 0 radical (unpaired) electrons. The maximum Gasteiger partial charge on any atom is 0.0395 e. The Bertz CT molecular complexity index is 262. The first-order valence-electron chi connectivity index (χ1n) is 6.60. The second-order valence-electron chi connectivity index (χ2n) is 3.77. The Morgan fingerprint density at radius 2 is 1.44 bits per heavy atom. The molecule has 1 aromatic carbocycles. The summed E-state index contributed by atoms with van der Waals surface area (Å²) < 4.78 is 0. The van der Waals surface area contributed by atoms with Crippen LogP contribution in [0, 0.1) is 6.92 Å². The fourth-order valence-corrected chi connectivity index (χ4v) is 1.81. The highest BCUT2D eigenvalue weighted by Gasteiger charge is 2.05. The van der Waals surface area contributed by atoms with Gasteiger partial charge in [0.15, 0.2) is 0 Å². The molecule has 1 aromatic rings. The number of aryl methyl sites for hydroxylation is 1. The first kappa shape index (κ1) is 15.0. The molecule has 0 spiro atoms. The maximum atomic E-state index is 2.48. The molecule has 0 aliphatic carbocycles. The molecule has 1 heteroatoms. The van der Waals surface area contributed by atoms with Gasteiger partial charge in [0.25, 0.3) is 0 Å². The average Bonchev–Trinajstić information content (AvgIpc) is 2.32. The normalized spacial score (nSPS) is 9.31. The lowest BCUT2D eigenvalue weighted by atomic mass is 10.1. The first-order chi connectivity index (χ1) is 7.79. The smallest absolute Gasteiger partial charge is 0.0395 e. The van der Waals surface area contributed by atoms with Crippen LogP contribution in [0.3, 0.4) is 0 Å². The van der Waals surface area contributed by atoms with E-state index in [0.29, 0.717) is 0 Å². The summed E-state index contributed by atoms with van der Waals surface area (Å²) in [6.07, 6.45) is 2.43. The SMILES string of the molecule is CC.CCCN(CCC)c1ccccc1C. The molecule has 16 heavy (non-hydrogen) atoms. The van der Waals surface area contributed by atoms with Crippen LogP contribution >= 0.6 is 0 Å². The van der Waals surface area contributed by atoms with Crippen LogP contribution in [0.15, 0.2) is 24.3 Å². The fourth-order valence-electron chi connectivity index (χ4n) is 1.81. The molecule has 92 valence electrons. The highest BCUT2D eigenvalue weighted by atomic mass is 15.1. The Kier molecular flexibility index (Phi) is 8.69. The van der Waals surface area contributed by atoms with Crippen molar-refractivity contribution in [3.05, 3.63) is 29.8 Å². The molecule has 1 nitrogen and oxygen atoms in total. The molecule has 0 saturated heterocycles. The average molecular weight is 221 g/mol. The van der Waals surface area contributed by atoms with Crippen molar-refractivity contribution in [3.8, 4) is 0 Å². The highest BCUT2D eigenvalue weighted by Crippen LogP contribution is 2.19. The molecule has 0 aliphatic heterocycles. The van der Waals surface area contributed by atoms with Crippen molar-refractivity contribution in [1.29, 1.82) is 0 Å². The first-order valence-corrected chi connectivity index (χ1v) is 6.60. The number of anilines is 1. The summed E-state index contributed by atoms with van der Waals surface area (Å²) in [6.45, 7) is 13.0. The van der Waals surface area contributed by atoms with Crippen LogP contribution in [0.25, 0.3) is 0 Å². The summed E-state index contributed by atoms with van der Waals surface area (Å²) in [7, 11) is 0. The fraction of sp³-hybridized carbons (Fsp3) is 0.600. The summed E-state index contributed by atoms with van der Waals surface area (Å²) in [4.78, 5) is 2.48. The predicted molar refractivity (Wildman–Crippen MR) is 75.3 cm³/mol. The lowest BCUT2D eigenvalue weighted by Crippen LogP contribution is -2.25. The molecule has 0 unspecified atom stereocenters. The van der Waals surface area contributed by atoms with E-state index in [9.17, 15) is 0 Å². The zero-order valence-electron chi connectivity index (χ0n) is 11.6. The molecule has 0 saturated carbocycles. The standard InChI is InChI=1S/C13H21N.C2H6/c1-4-10-14(11-5-2)13-9-7-6-8-12(13)3;1-2/h6-9H,4-5,10-11H2,1-3H3;1-2H3. The Morgan fingerprint density at radius 1 is 0.938 bits per heavy atom. The van der Waals surface area contributed by atoms with Crippen LogP contribution in [0.4, 0.5) is 5.69 Å². The van der Waals surface area contributed by atoms with Gasteiger partial charge in [0.1, 0.15) is 0 Å². The molecule has 0 amide bonds. The molecule has 0 aromatic heterocycles. The Morgan fingerprint density at radius 3 is 1.88 bits per heavy atom. The van der Waals surface area contributed by atoms with E-state index >= 15 is 0 Å². The van der Waals surface area contributed by atoms with Gasteiger partial charge < -0.3 is 4.90 Å². The van der Waals surface area contributed by atoms with Gasteiger partial charge in [-0.1, -0.05) is 45.9 Å². The molecule has 0 bridgehead atoms. The van der Waals surface area contributed by atoms with E-state index < -0.39 is 0 Å². The van der Waals surface area contributed by atoms with Crippen molar-refractivity contribution in [2.45, 2.75) is 47.5 Å². The molecule has 1 rings (SSSR count). The van der Waals surface area contributed by atoms with Gasteiger partial charge in [-0.2, -0.15) is 0 Å². The summed E-state index contributed by atoms with van der Waals surface area (Å²) in [5, 5.41) is 0. The molecule has 0 atom stereocenters. The van der Waals surface area contributed by atoms with Crippen molar-refractivity contribution in [2.75, 3.05) is 18.0 Å². The van der Waals surface area contributed by atoms with E-state index in [1.165, 1.54) is 37.2 Å². The van der Waals surface area contributed by atoms with Crippen LogP contribution in [-0.4, -0.2) is 13.1 Å². The third-order valence-corrected chi connectivity index (χ3v) is 2.44. The summed E-state index contributed by atoms with van der Waals surface area (Å²) in [6, 6.07) is 8.64. The largest absolute Gasteiger partial charge is 0.371 e. The van der Waals surface area contributed by atoms with E-state index in [1.54, 1.807) is 0 Å². The second-order valence-corrected chi connectivity index (χ2v) is 3.77. The van der Waals surface area contributed by atoms with Gasteiger partial charge in [0.2, 0.25) is 0 Å². The zero-order valence-corrected chi connectivity index (χ0v) is 11.6. The lowest BCUT2D eigenvalue weighted by Gasteiger charge is -2.25. The van der Waals surface area contributed by atoms with E-state index in [1.807, 2.05) is 13.8 Å². The summed E-state index contributed by atoms with van der Waals surface area (Å²) in [5.41, 5.74) is 2.78. The maximum absolute atomic E-state index is 2.48. The van der Waals surface area contributed by atoms with Crippen LogP contribution in [-0.2, 0) is 0 Å². The zero-order chi connectivity index (χ0) is 12.4. The van der Waals surface area contributed by atoms with Crippen LogP contribution in [0.5, 0.6) is 0 Å². The van der Waals surface area contributed by atoms with Gasteiger partial charge in [0.05, 0.1) is 0 Å². The van der Waals surface area contributed by atoms with Crippen molar-refractivity contribution >= 4 is 5.69 Å². The second kappa shape index (κ2) is 9.26. The third kappa shape index (κ3) is 4.69. The molecule has 0 heterocycles. The quantitative estimate of drug-likeness (QED) is 0.699. The van der Waals surface area contributed by atoms with Gasteiger partial charge in [0, 0.05) is 18.8 Å². The number of benzene rings is 1. The number of hydrogen-bond acceptors (Lipinski definition) is 1. The molecular weight excluding hydrogens is 194 g/mol. The molecular formula is C15H27N. The van der Waals surface area contributed by atoms with Crippen LogP contribution < -0.4 is 4.90 Å². The lowest BCUT2D eigenvalue weighted by molar-refractivity contribution is 0.743. The number of rotatable bonds is 5. The third-order valence-electron chi connectivity index (χ3n) is 2.44. The van der Waals surface area contributed by atoms with Gasteiger partial charge >= 0.3 is 0 Å². The van der Waals surface area contributed by atoms with Gasteiger partial charge in [-0.25, -0.2) is 0 Å². The van der Waals surface area contributed by atoms with Crippen molar-refractivity contribution < 1.29 is 0 Å². The van der Waals surface area contributed by atoms with Gasteiger partial charge in [-0.3, -0.25) is 0 Å². The van der Waals surface area contributed by atoms with Crippen LogP contribution in [0.1, 0.15) is 46.1 Å². The minimum atomic E-state index is 1.17. The van der Waals surface area contributed by atoms with Crippen molar-refractivity contribution in [2.24, 2.45) is 0 Å². The van der Waals surface area contributed by atoms with E-state index in [4.69, 9.17) is 0 Å². The Balaban J connectivity index is 0.00000106. The number of hydrogen-bond donors (Lipinski definition) is 0. The minimum Gasteiger partial charge on any atom is -0.371 e. The number of nitrogens with zero attached hydrogens (tertiary/aromatic N) is 1. The van der Waals surface area contributed by atoms with Crippen LogP contribution in [0.2, 0.25) is 0 Å². The Hall–Kier alpha value is -0.980. The molecule has 0 N–H and O–H groups in total. The van der Waals surface area contributed by atoms with Gasteiger partial charge in [-0.05, 0) is 31.4 Å². The van der Waals surface area contributed by atoms with Gasteiger partial charge in [-0.15, -0.1) is 0 Å². The van der Waals surface area contributed by atoms with Crippen molar-refractivity contribution in [3.63, 3.8) is 0 Å². The minimum absolute atomic E-state index is 1.17. The predicted octanol–water partition coefficient (Wildman–Crippen LogP) is 4.65. The van der Waals surface area contributed by atoms with E-state index in [2.05, 4.69) is 49.9 Å². The monoisotopic (exact) mass is 221 g/mol. The van der Waals surface area contributed by atoms with E-state index in [0.717, 1.165) is 0 Å². The Labute approximate surface area is 101 Å². The summed E-state index contributed by atoms with van der Waals surface area (Å²) >= 11 is 0. The molecule has 0 fully saturated rings. The van der Waals surface area contributed by atoms with E-state index in [-0.39, 0.29) is 0 Å². The molecule has 0 aliphatic rings. The highest BCUT2D eigenvalue weighted by molar-refractivity contribution is 5.52. The summed E-state index contributed by atoms with van der Waals surface area (Å²) in [5.74, 6) is 0. The number of para-hydroxylation sites is 1. The van der Waals surface area contributed by atoms with Crippen molar-refractivity contribution in [1.82, 2.24) is 0 Å².